The Labute approximate surface area is 166 Å². The Morgan fingerprint density at radius 3 is 2.07 bits per heavy atom. The third-order valence-corrected chi connectivity index (χ3v) is 4.38. The number of rotatable bonds is 4. The topological polar surface area (TPSA) is 49.9 Å². The molecule has 0 fully saturated rings. The summed E-state index contributed by atoms with van der Waals surface area (Å²) in [6.45, 7) is 5.90. The lowest BCUT2D eigenvalue weighted by atomic mass is 10.0. The molecule has 3 rings (SSSR count). The van der Waals surface area contributed by atoms with Gasteiger partial charge in [-0.15, -0.1) is 0 Å². The summed E-state index contributed by atoms with van der Waals surface area (Å²) in [5.41, 5.74) is 1.39. The Kier molecular flexibility index (Phi) is 5.83. The summed E-state index contributed by atoms with van der Waals surface area (Å²) in [6.07, 6.45) is 3.21. The van der Waals surface area contributed by atoms with Gasteiger partial charge in [0.25, 0.3) is 5.91 Å². The molecule has 0 N–H and O–H groups in total. The summed E-state index contributed by atoms with van der Waals surface area (Å²) in [6, 6.07) is 18.9. The predicted molar refractivity (Wildman–Crippen MR) is 108 cm³/mol. The first-order chi connectivity index (χ1) is 13.3. The summed E-state index contributed by atoms with van der Waals surface area (Å²) >= 11 is 0. The molecule has 0 spiro atoms. The third kappa shape index (κ3) is 5.00. The molecule has 0 bridgehead atoms. The fraction of sp³-hybridized carbons (Fsp3) is 0.304. The molecule has 1 aliphatic rings. The molecule has 1 aliphatic heterocycles. The van der Waals surface area contributed by atoms with Gasteiger partial charge in [0.05, 0.1) is 6.54 Å². The SMILES string of the molecule is CC(C)(C)OC(=O)N1C=CN(Cc2ccccc2)C(=O)[C@@H]1Cc1ccccc1. The Morgan fingerprint density at radius 1 is 0.929 bits per heavy atom. The van der Waals surface area contributed by atoms with Crippen LogP contribution >= 0.6 is 0 Å². The van der Waals surface area contributed by atoms with Gasteiger partial charge in [-0.3, -0.25) is 9.69 Å². The largest absolute Gasteiger partial charge is 0.443 e. The van der Waals surface area contributed by atoms with Gasteiger partial charge < -0.3 is 9.64 Å². The van der Waals surface area contributed by atoms with Crippen molar-refractivity contribution in [3.8, 4) is 0 Å². The predicted octanol–water partition coefficient (Wildman–Crippen LogP) is 4.35. The number of hydrogen-bond donors (Lipinski definition) is 0. The summed E-state index contributed by atoms with van der Waals surface area (Å²) < 4.78 is 5.51. The summed E-state index contributed by atoms with van der Waals surface area (Å²) in [5, 5.41) is 0. The van der Waals surface area contributed by atoms with Crippen molar-refractivity contribution >= 4 is 12.0 Å². The normalized spacial score (nSPS) is 17.0. The van der Waals surface area contributed by atoms with Crippen LogP contribution < -0.4 is 0 Å². The third-order valence-electron chi connectivity index (χ3n) is 4.38. The van der Waals surface area contributed by atoms with E-state index in [-0.39, 0.29) is 5.91 Å². The van der Waals surface area contributed by atoms with Crippen molar-refractivity contribution in [1.82, 2.24) is 9.80 Å². The van der Waals surface area contributed by atoms with Gasteiger partial charge in [-0.1, -0.05) is 60.7 Å². The lowest BCUT2D eigenvalue weighted by molar-refractivity contribution is -0.135. The van der Waals surface area contributed by atoms with Gasteiger partial charge in [-0.25, -0.2) is 4.79 Å². The first-order valence-electron chi connectivity index (χ1n) is 9.41. The van der Waals surface area contributed by atoms with E-state index < -0.39 is 17.7 Å². The average Bonchev–Trinajstić information content (AvgIpc) is 2.65. The molecule has 2 aromatic rings. The second-order valence-electron chi connectivity index (χ2n) is 7.84. The maximum atomic E-state index is 13.2. The summed E-state index contributed by atoms with van der Waals surface area (Å²) in [4.78, 5) is 29.0. The van der Waals surface area contributed by atoms with Gasteiger partial charge in [0.2, 0.25) is 0 Å². The Hall–Kier alpha value is -3.08. The van der Waals surface area contributed by atoms with E-state index in [0.717, 1.165) is 11.1 Å². The maximum absolute atomic E-state index is 13.2. The molecule has 1 heterocycles. The minimum Gasteiger partial charge on any atom is -0.443 e. The van der Waals surface area contributed by atoms with Crippen LogP contribution in [0.1, 0.15) is 31.9 Å². The lowest BCUT2D eigenvalue weighted by Crippen LogP contribution is -2.52. The molecular weight excluding hydrogens is 352 g/mol. The van der Waals surface area contributed by atoms with Crippen LogP contribution in [0.4, 0.5) is 4.79 Å². The minimum absolute atomic E-state index is 0.124. The highest BCUT2D eigenvalue weighted by atomic mass is 16.6. The van der Waals surface area contributed by atoms with Crippen LogP contribution in [0.3, 0.4) is 0 Å². The molecular formula is C23H26N2O3. The zero-order valence-corrected chi connectivity index (χ0v) is 16.5. The number of carbonyl (C=O) groups is 2. The van der Waals surface area contributed by atoms with E-state index in [1.165, 1.54) is 4.90 Å². The zero-order valence-electron chi connectivity index (χ0n) is 16.5. The fourth-order valence-electron chi connectivity index (χ4n) is 3.08. The van der Waals surface area contributed by atoms with Crippen LogP contribution in [0.5, 0.6) is 0 Å². The number of hydrogen-bond acceptors (Lipinski definition) is 3. The second kappa shape index (κ2) is 8.30. The standard InChI is InChI=1S/C23H26N2O3/c1-23(2,3)28-22(27)25-15-14-24(17-19-12-8-5-9-13-19)21(26)20(25)16-18-10-6-4-7-11-18/h4-15,20H,16-17H2,1-3H3/t20-/m0/s1. The van der Waals surface area contributed by atoms with Crippen molar-refractivity contribution in [3.05, 3.63) is 84.2 Å². The quantitative estimate of drug-likeness (QED) is 0.795. The van der Waals surface area contributed by atoms with Crippen LogP contribution in [0.25, 0.3) is 0 Å². The van der Waals surface area contributed by atoms with Crippen LogP contribution in [0, 0.1) is 0 Å². The molecule has 5 heteroatoms. The van der Waals surface area contributed by atoms with Crippen LogP contribution in [0.2, 0.25) is 0 Å². The monoisotopic (exact) mass is 378 g/mol. The smallest absolute Gasteiger partial charge is 0.415 e. The molecule has 2 aromatic carbocycles. The molecule has 0 radical (unpaired) electrons. The highest BCUT2D eigenvalue weighted by molar-refractivity contribution is 5.88. The molecule has 0 unspecified atom stereocenters. The van der Waals surface area contributed by atoms with Gasteiger partial charge in [0.1, 0.15) is 11.6 Å². The first-order valence-corrected chi connectivity index (χ1v) is 9.41. The molecule has 2 amide bonds. The average molecular weight is 378 g/mol. The molecule has 0 aliphatic carbocycles. The molecule has 0 aromatic heterocycles. The lowest BCUT2D eigenvalue weighted by Gasteiger charge is -2.36. The Bertz CT molecular complexity index is 841. The first kappa shape index (κ1) is 19.7. The van der Waals surface area contributed by atoms with E-state index in [0.29, 0.717) is 13.0 Å². The zero-order chi connectivity index (χ0) is 20.1. The van der Waals surface area contributed by atoms with Crippen molar-refractivity contribution in [2.24, 2.45) is 0 Å². The van der Waals surface area contributed by atoms with E-state index in [1.54, 1.807) is 17.3 Å². The molecule has 146 valence electrons. The van der Waals surface area contributed by atoms with Crippen LogP contribution in [-0.4, -0.2) is 33.4 Å². The van der Waals surface area contributed by atoms with Gasteiger partial charge in [0.15, 0.2) is 0 Å². The van der Waals surface area contributed by atoms with Crippen molar-refractivity contribution in [3.63, 3.8) is 0 Å². The van der Waals surface area contributed by atoms with Gasteiger partial charge in [-0.05, 0) is 31.9 Å². The molecule has 5 nitrogen and oxygen atoms in total. The number of nitrogens with zero attached hydrogens (tertiary/aromatic N) is 2. The number of carbonyl (C=O) groups excluding carboxylic acids is 2. The number of benzene rings is 2. The van der Waals surface area contributed by atoms with Crippen molar-refractivity contribution in [1.29, 1.82) is 0 Å². The number of amides is 2. The highest BCUT2D eigenvalue weighted by Gasteiger charge is 2.36. The van der Waals surface area contributed by atoms with E-state index in [4.69, 9.17) is 4.74 Å². The Morgan fingerprint density at radius 2 is 1.50 bits per heavy atom. The van der Waals surface area contributed by atoms with E-state index >= 15 is 0 Å². The molecule has 0 saturated heterocycles. The maximum Gasteiger partial charge on any atom is 0.415 e. The van der Waals surface area contributed by atoms with Crippen LogP contribution in [0.15, 0.2) is 73.1 Å². The van der Waals surface area contributed by atoms with E-state index in [2.05, 4.69) is 0 Å². The van der Waals surface area contributed by atoms with Gasteiger partial charge >= 0.3 is 6.09 Å². The van der Waals surface area contributed by atoms with E-state index in [9.17, 15) is 9.59 Å². The van der Waals surface area contributed by atoms with Crippen LogP contribution in [-0.2, 0) is 22.5 Å². The highest BCUT2D eigenvalue weighted by Crippen LogP contribution is 2.22. The second-order valence-corrected chi connectivity index (χ2v) is 7.84. The summed E-state index contributed by atoms with van der Waals surface area (Å²) in [7, 11) is 0. The minimum atomic E-state index is -0.647. The van der Waals surface area contributed by atoms with E-state index in [1.807, 2.05) is 81.4 Å². The summed E-state index contributed by atoms with van der Waals surface area (Å²) in [5.74, 6) is -0.124. The van der Waals surface area contributed by atoms with Crippen molar-refractivity contribution < 1.29 is 14.3 Å². The molecule has 28 heavy (non-hydrogen) atoms. The molecule has 1 atom stereocenters. The van der Waals surface area contributed by atoms with Crippen molar-refractivity contribution in [2.45, 2.75) is 45.4 Å². The number of ether oxygens (including phenoxy) is 1. The fourth-order valence-corrected chi connectivity index (χ4v) is 3.08. The van der Waals surface area contributed by atoms with Crippen molar-refractivity contribution in [2.75, 3.05) is 0 Å². The molecule has 0 saturated carbocycles. The Balaban J connectivity index is 1.86. The van der Waals surface area contributed by atoms with Gasteiger partial charge in [-0.2, -0.15) is 0 Å². The van der Waals surface area contributed by atoms with Gasteiger partial charge in [0, 0.05) is 18.8 Å².